The van der Waals surface area contributed by atoms with Crippen LogP contribution in [0.2, 0.25) is 10.0 Å². The summed E-state index contributed by atoms with van der Waals surface area (Å²) in [5, 5.41) is 5.44. The quantitative estimate of drug-likeness (QED) is 0.804. The summed E-state index contributed by atoms with van der Waals surface area (Å²) in [5.41, 5.74) is 1.14. The fourth-order valence-electron chi connectivity index (χ4n) is 1.21. The van der Waals surface area contributed by atoms with Gasteiger partial charge in [0.15, 0.2) is 0 Å². The molecule has 0 aliphatic rings. The van der Waals surface area contributed by atoms with Gasteiger partial charge in [0.25, 0.3) is 5.91 Å². The molecule has 0 spiro atoms. The second-order valence-electron chi connectivity index (χ2n) is 3.22. The Labute approximate surface area is 121 Å². The number of hydrogen-bond acceptors (Lipinski definition) is 2. The van der Waals surface area contributed by atoms with Crippen molar-refractivity contribution in [3.63, 3.8) is 0 Å². The molecule has 17 heavy (non-hydrogen) atoms. The van der Waals surface area contributed by atoms with Crippen LogP contribution in [0.5, 0.6) is 0 Å². The van der Waals surface area contributed by atoms with E-state index in [0.717, 1.165) is 3.79 Å². The van der Waals surface area contributed by atoms with Crippen LogP contribution in [0.1, 0.15) is 10.4 Å². The lowest BCUT2D eigenvalue weighted by Crippen LogP contribution is -2.11. The van der Waals surface area contributed by atoms with E-state index < -0.39 is 0 Å². The maximum atomic E-state index is 11.8. The number of carbonyl (C=O) groups excluding carboxylic acids is 1. The van der Waals surface area contributed by atoms with E-state index in [1.807, 2.05) is 0 Å². The van der Waals surface area contributed by atoms with Gasteiger partial charge in [0.2, 0.25) is 0 Å². The molecule has 0 bridgehead atoms. The Morgan fingerprint density at radius 3 is 2.65 bits per heavy atom. The molecular formula is C11H6BrCl2NOS. The minimum absolute atomic E-state index is 0.198. The SMILES string of the molecule is O=C(Nc1ccc(Cl)cc1Cl)c1csc(Br)c1. The van der Waals surface area contributed by atoms with Gasteiger partial charge in [-0.2, -0.15) is 0 Å². The fraction of sp³-hybridized carbons (Fsp3) is 0. The number of benzene rings is 1. The average molecular weight is 351 g/mol. The molecule has 2 aromatic rings. The maximum Gasteiger partial charge on any atom is 0.256 e. The Morgan fingerprint density at radius 2 is 2.06 bits per heavy atom. The van der Waals surface area contributed by atoms with E-state index in [1.54, 1.807) is 29.6 Å². The molecule has 1 aromatic carbocycles. The molecule has 0 atom stereocenters. The summed E-state index contributed by atoms with van der Waals surface area (Å²) in [4.78, 5) is 11.8. The smallest absolute Gasteiger partial charge is 0.256 e. The summed E-state index contributed by atoms with van der Waals surface area (Å²) in [6.07, 6.45) is 0. The lowest BCUT2D eigenvalue weighted by Gasteiger charge is -2.06. The summed E-state index contributed by atoms with van der Waals surface area (Å²) in [6.45, 7) is 0. The Morgan fingerprint density at radius 1 is 1.29 bits per heavy atom. The van der Waals surface area contributed by atoms with Gasteiger partial charge in [-0.05, 0) is 40.2 Å². The van der Waals surface area contributed by atoms with E-state index >= 15 is 0 Å². The third-order valence-corrected chi connectivity index (χ3v) is 4.06. The van der Waals surface area contributed by atoms with Crippen LogP contribution in [0, 0.1) is 0 Å². The Bertz CT molecular complexity index is 570. The van der Waals surface area contributed by atoms with Gasteiger partial charge in [-0.1, -0.05) is 23.2 Å². The van der Waals surface area contributed by atoms with Crippen LogP contribution in [0.3, 0.4) is 0 Å². The van der Waals surface area contributed by atoms with E-state index in [9.17, 15) is 4.79 Å². The van der Waals surface area contributed by atoms with Gasteiger partial charge in [-0.15, -0.1) is 11.3 Å². The van der Waals surface area contributed by atoms with Crippen molar-refractivity contribution in [1.82, 2.24) is 0 Å². The average Bonchev–Trinajstić information content (AvgIpc) is 2.69. The molecule has 0 unspecified atom stereocenters. The molecule has 2 nitrogen and oxygen atoms in total. The first kappa shape index (κ1) is 12.9. The molecule has 2 rings (SSSR count). The molecule has 1 heterocycles. The Balaban J connectivity index is 2.18. The van der Waals surface area contributed by atoms with Crippen molar-refractivity contribution in [2.24, 2.45) is 0 Å². The monoisotopic (exact) mass is 349 g/mol. The Hall–Kier alpha value is -0.550. The van der Waals surface area contributed by atoms with E-state index in [0.29, 0.717) is 21.3 Å². The number of nitrogens with one attached hydrogen (secondary N) is 1. The molecule has 0 saturated heterocycles. The van der Waals surface area contributed by atoms with Gasteiger partial charge in [0.1, 0.15) is 0 Å². The van der Waals surface area contributed by atoms with Crippen LogP contribution in [0.15, 0.2) is 33.4 Å². The van der Waals surface area contributed by atoms with Gasteiger partial charge in [0.05, 0.1) is 20.1 Å². The summed E-state index contributed by atoms with van der Waals surface area (Å²) in [6, 6.07) is 6.68. The lowest BCUT2D eigenvalue weighted by atomic mass is 10.3. The number of rotatable bonds is 2. The van der Waals surface area contributed by atoms with Crippen LogP contribution >= 0.6 is 50.5 Å². The number of anilines is 1. The normalized spacial score (nSPS) is 10.3. The van der Waals surface area contributed by atoms with Crippen molar-refractivity contribution in [3.8, 4) is 0 Å². The number of hydrogen-bond donors (Lipinski definition) is 1. The molecule has 0 radical (unpaired) electrons. The number of carbonyl (C=O) groups is 1. The van der Waals surface area contributed by atoms with Crippen molar-refractivity contribution < 1.29 is 4.79 Å². The molecule has 6 heteroatoms. The van der Waals surface area contributed by atoms with Gasteiger partial charge < -0.3 is 5.32 Å². The highest BCUT2D eigenvalue weighted by Crippen LogP contribution is 2.27. The van der Waals surface area contributed by atoms with Crippen molar-refractivity contribution >= 4 is 62.1 Å². The third-order valence-electron chi connectivity index (χ3n) is 2.01. The summed E-state index contributed by atoms with van der Waals surface area (Å²) in [7, 11) is 0. The molecule has 1 amide bonds. The summed E-state index contributed by atoms with van der Waals surface area (Å²) in [5.74, 6) is -0.198. The fourth-order valence-corrected chi connectivity index (χ4v) is 2.81. The number of thiophene rings is 1. The Kier molecular flexibility index (Phi) is 4.09. The highest BCUT2D eigenvalue weighted by molar-refractivity contribution is 9.11. The van der Waals surface area contributed by atoms with Gasteiger partial charge in [-0.3, -0.25) is 4.79 Å². The molecule has 1 aromatic heterocycles. The molecular weight excluding hydrogens is 345 g/mol. The summed E-state index contributed by atoms with van der Waals surface area (Å²) >= 11 is 16.5. The van der Waals surface area contributed by atoms with Crippen molar-refractivity contribution in [1.29, 1.82) is 0 Å². The van der Waals surface area contributed by atoms with Crippen LogP contribution < -0.4 is 5.32 Å². The van der Waals surface area contributed by atoms with Crippen molar-refractivity contribution in [2.75, 3.05) is 5.32 Å². The largest absolute Gasteiger partial charge is 0.321 e. The zero-order valence-corrected chi connectivity index (χ0v) is 12.3. The van der Waals surface area contributed by atoms with Crippen LogP contribution in [-0.4, -0.2) is 5.91 Å². The number of halogens is 3. The lowest BCUT2D eigenvalue weighted by molar-refractivity contribution is 0.102. The van der Waals surface area contributed by atoms with Gasteiger partial charge in [-0.25, -0.2) is 0 Å². The predicted octanol–water partition coefficient (Wildman–Crippen LogP) is 5.07. The van der Waals surface area contributed by atoms with Crippen LogP contribution in [0.25, 0.3) is 0 Å². The van der Waals surface area contributed by atoms with E-state index in [1.165, 1.54) is 11.3 Å². The van der Waals surface area contributed by atoms with E-state index in [2.05, 4.69) is 21.2 Å². The third kappa shape index (κ3) is 3.22. The molecule has 0 aliphatic carbocycles. The first-order valence-electron chi connectivity index (χ1n) is 4.56. The van der Waals surface area contributed by atoms with Crippen molar-refractivity contribution in [3.05, 3.63) is 49.0 Å². The standard InChI is InChI=1S/C11H6BrCl2NOS/c12-10-3-6(5-17-10)11(16)15-9-2-1-7(13)4-8(9)14/h1-5H,(H,15,16). The topological polar surface area (TPSA) is 29.1 Å². The summed E-state index contributed by atoms with van der Waals surface area (Å²) < 4.78 is 0.907. The maximum absolute atomic E-state index is 11.8. The molecule has 0 saturated carbocycles. The van der Waals surface area contributed by atoms with Crippen LogP contribution in [-0.2, 0) is 0 Å². The van der Waals surface area contributed by atoms with Gasteiger partial charge >= 0.3 is 0 Å². The number of amides is 1. The molecule has 1 N–H and O–H groups in total. The first-order valence-corrected chi connectivity index (χ1v) is 6.99. The zero-order chi connectivity index (χ0) is 12.4. The van der Waals surface area contributed by atoms with E-state index in [-0.39, 0.29) is 5.91 Å². The predicted molar refractivity (Wildman–Crippen MR) is 76.4 cm³/mol. The minimum Gasteiger partial charge on any atom is -0.321 e. The zero-order valence-electron chi connectivity index (χ0n) is 8.34. The van der Waals surface area contributed by atoms with Crippen LogP contribution in [0.4, 0.5) is 5.69 Å². The second kappa shape index (κ2) is 5.40. The highest BCUT2D eigenvalue weighted by atomic mass is 79.9. The minimum atomic E-state index is -0.198. The highest BCUT2D eigenvalue weighted by Gasteiger charge is 2.10. The molecule has 0 fully saturated rings. The first-order chi connectivity index (χ1) is 8.06. The van der Waals surface area contributed by atoms with E-state index in [4.69, 9.17) is 23.2 Å². The molecule has 88 valence electrons. The second-order valence-corrected chi connectivity index (χ2v) is 6.35. The molecule has 0 aliphatic heterocycles. The van der Waals surface area contributed by atoms with Crippen molar-refractivity contribution in [2.45, 2.75) is 0 Å². The van der Waals surface area contributed by atoms with Gasteiger partial charge in [0, 0.05) is 10.4 Å².